The summed E-state index contributed by atoms with van der Waals surface area (Å²) in [6.07, 6.45) is 0. The summed E-state index contributed by atoms with van der Waals surface area (Å²) in [5.74, 6) is 0.497. The van der Waals surface area contributed by atoms with Gasteiger partial charge in [0, 0.05) is 18.2 Å². The Balaban J connectivity index is 2.44. The minimum absolute atomic E-state index is 0.0785. The largest absolute Gasteiger partial charge is 0.495 e. The Kier molecular flexibility index (Phi) is 5.15. The van der Waals surface area contributed by atoms with E-state index in [4.69, 9.17) is 21.1 Å². The third-order valence-electron chi connectivity index (χ3n) is 3.06. The highest BCUT2D eigenvalue weighted by molar-refractivity contribution is 7.92. The fourth-order valence-electron chi connectivity index (χ4n) is 1.91. The minimum atomic E-state index is -4.07. The first kappa shape index (κ1) is 17.8. The number of hydrogen-bond acceptors (Lipinski definition) is 6. The van der Waals surface area contributed by atoms with Gasteiger partial charge in [-0.3, -0.25) is 14.8 Å². The number of nitro groups is 1. The lowest BCUT2D eigenvalue weighted by atomic mass is 10.3. The van der Waals surface area contributed by atoms with Crippen LogP contribution in [0.1, 0.15) is 0 Å². The van der Waals surface area contributed by atoms with Gasteiger partial charge in [-0.25, -0.2) is 8.42 Å². The summed E-state index contributed by atoms with van der Waals surface area (Å²) in [7, 11) is -1.31. The Morgan fingerprint density at radius 3 is 2.38 bits per heavy atom. The zero-order valence-electron chi connectivity index (χ0n) is 12.6. The maximum absolute atomic E-state index is 12.4. The first-order valence-electron chi connectivity index (χ1n) is 6.47. The molecule has 128 valence electrons. The smallest absolute Gasteiger partial charge is 0.270 e. The van der Waals surface area contributed by atoms with Crippen LogP contribution in [-0.2, 0) is 10.0 Å². The SMILES string of the molecule is COc1cc(OC)c(NS(=O)(=O)c2cccc([N+](=O)[O-])c2)cc1Cl. The fraction of sp³-hybridized carbons (Fsp3) is 0.143. The van der Waals surface area contributed by atoms with Gasteiger partial charge in [-0.05, 0) is 12.1 Å². The highest BCUT2D eigenvalue weighted by Crippen LogP contribution is 2.37. The molecule has 2 rings (SSSR count). The number of anilines is 1. The Hall–Kier alpha value is -2.52. The molecule has 24 heavy (non-hydrogen) atoms. The van der Waals surface area contributed by atoms with E-state index >= 15 is 0 Å². The third kappa shape index (κ3) is 3.69. The zero-order chi connectivity index (χ0) is 17.9. The molecule has 1 N–H and O–H groups in total. The van der Waals surface area contributed by atoms with E-state index in [0.29, 0.717) is 5.75 Å². The molecule has 0 bridgehead atoms. The standard InChI is InChI=1S/C14H13ClN2O6S/c1-22-13-8-14(23-2)12(7-11(13)15)16-24(20,21)10-5-3-4-9(6-10)17(18)19/h3-8,16H,1-2H3. The maximum atomic E-state index is 12.4. The van der Waals surface area contributed by atoms with Crippen molar-refractivity contribution in [3.05, 3.63) is 51.5 Å². The summed E-state index contributed by atoms with van der Waals surface area (Å²) in [6, 6.07) is 7.43. The van der Waals surface area contributed by atoms with Gasteiger partial charge < -0.3 is 9.47 Å². The number of nitrogens with zero attached hydrogens (tertiary/aromatic N) is 1. The Morgan fingerprint density at radius 2 is 1.79 bits per heavy atom. The topological polar surface area (TPSA) is 108 Å². The molecule has 0 aromatic heterocycles. The van der Waals surface area contributed by atoms with Gasteiger partial charge in [0.05, 0.1) is 34.7 Å². The highest BCUT2D eigenvalue weighted by Gasteiger charge is 2.20. The van der Waals surface area contributed by atoms with E-state index in [0.717, 1.165) is 6.07 Å². The van der Waals surface area contributed by atoms with Crippen molar-refractivity contribution < 1.29 is 22.8 Å². The Bertz CT molecular complexity index is 885. The second-order valence-corrected chi connectivity index (χ2v) is 6.64. The van der Waals surface area contributed by atoms with E-state index in [9.17, 15) is 18.5 Å². The van der Waals surface area contributed by atoms with Crippen molar-refractivity contribution in [3.8, 4) is 11.5 Å². The number of rotatable bonds is 6. The Labute approximate surface area is 143 Å². The van der Waals surface area contributed by atoms with Crippen LogP contribution < -0.4 is 14.2 Å². The molecule has 0 fully saturated rings. The first-order valence-corrected chi connectivity index (χ1v) is 8.33. The number of non-ortho nitro benzene ring substituents is 1. The summed E-state index contributed by atoms with van der Waals surface area (Å²) in [6.45, 7) is 0. The van der Waals surface area contributed by atoms with Gasteiger partial charge in [-0.15, -0.1) is 0 Å². The highest BCUT2D eigenvalue weighted by atomic mass is 35.5. The van der Waals surface area contributed by atoms with Crippen molar-refractivity contribution in [2.24, 2.45) is 0 Å². The number of nitrogens with one attached hydrogen (secondary N) is 1. The summed E-state index contributed by atoms with van der Waals surface area (Å²) < 4.78 is 37.3. The van der Waals surface area contributed by atoms with Crippen LogP contribution in [-0.4, -0.2) is 27.6 Å². The van der Waals surface area contributed by atoms with Crippen LogP contribution in [0.15, 0.2) is 41.3 Å². The molecule has 0 amide bonds. The van der Waals surface area contributed by atoms with E-state index < -0.39 is 14.9 Å². The second kappa shape index (κ2) is 6.93. The molecular formula is C14H13ClN2O6S. The molecule has 0 atom stereocenters. The molecule has 0 aliphatic heterocycles. The molecule has 2 aromatic rings. The van der Waals surface area contributed by atoms with Gasteiger partial charge in [-0.2, -0.15) is 0 Å². The molecule has 10 heteroatoms. The molecule has 0 heterocycles. The van der Waals surface area contributed by atoms with Crippen LogP contribution in [0.5, 0.6) is 11.5 Å². The number of halogens is 1. The number of nitro benzene ring substituents is 1. The van der Waals surface area contributed by atoms with Crippen LogP contribution in [0.4, 0.5) is 11.4 Å². The average Bonchev–Trinajstić information content (AvgIpc) is 2.55. The van der Waals surface area contributed by atoms with Gasteiger partial charge in [-0.1, -0.05) is 17.7 Å². The van der Waals surface area contributed by atoms with Gasteiger partial charge in [0.2, 0.25) is 0 Å². The quantitative estimate of drug-likeness (QED) is 0.616. The van der Waals surface area contributed by atoms with E-state index in [1.54, 1.807) is 0 Å². The third-order valence-corrected chi connectivity index (χ3v) is 4.72. The van der Waals surface area contributed by atoms with Gasteiger partial charge in [0.1, 0.15) is 11.5 Å². The monoisotopic (exact) mass is 372 g/mol. The number of methoxy groups -OCH3 is 2. The van der Waals surface area contributed by atoms with Crippen molar-refractivity contribution in [2.45, 2.75) is 4.90 Å². The second-order valence-electron chi connectivity index (χ2n) is 4.55. The van der Waals surface area contributed by atoms with E-state index in [2.05, 4.69) is 4.72 Å². The molecule has 0 saturated carbocycles. The molecule has 0 saturated heterocycles. The lowest BCUT2D eigenvalue weighted by molar-refractivity contribution is -0.385. The number of ether oxygens (including phenoxy) is 2. The predicted octanol–water partition coefficient (Wildman–Crippen LogP) is 3.07. The van der Waals surface area contributed by atoms with Gasteiger partial charge in [0.15, 0.2) is 0 Å². The van der Waals surface area contributed by atoms with Gasteiger partial charge in [0.25, 0.3) is 15.7 Å². The minimum Gasteiger partial charge on any atom is -0.495 e. The van der Waals surface area contributed by atoms with Crippen LogP contribution >= 0.6 is 11.6 Å². The molecule has 8 nitrogen and oxygen atoms in total. The molecule has 0 aliphatic rings. The van der Waals surface area contributed by atoms with Crippen molar-refractivity contribution in [1.82, 2.24) is 0 Å². The number of sulfonamides is 1. The van der Waals surface area contributed by atoms with E-state index in [1.807, 2.05) is 0 Å². The molecule has 2 aromatic carbocycles. The zero-order valence-corrected chi connectivity index (χ0v) is 14.2. The molecule has 0 aliphatic carbocycles. The van der Waals surface area contributed by atoms with Crippen molar-refractivity contribution in [1.29, 1.82) is 0 Å². The summed E-state index contributed by atoms with van der Waals surface area (Å²) in [4.78, 5) is 9.86. The predicted molar refractivity (Wildman–Crippen MR) is 88.5 cm³/mol. The Morgan fingerprint density at radius 1 is 1.12 bits per heavy atom. The summed E-state index contributed by atoms with van der Waals surface area (Å²) in [5.41, 5.74) is -0.257. The van der Waals surface area contributed by atoms with Crippen molar-refractivity contribution in [2.75, 3.05) is 18.9 Å². The van der Waals surface area contributed by atoms with Crippen molar-refractivity contribution >= 4 is 33.0 Å². The molecule has 0 radical (unpaired) electrons. The average molecular weight is 373 g/mol. The van der Waals surface area contributed by atoms with Gasteiger partial charge >= 0.3 is 0 Å². The van der Waals surface area contributed by atoms with E-state index in [1.165, 1.54) is 44.6 Å². The number of hydrogen-bond donors (Lipinski definition) is 1. The molecular weight excluding hydrogens is 360 g/mol. The summed E-state index contributed by atoms with van der Waals surface area (Å²) >= 11 is 6.00. The van der Waals surface area contributed by atoms with Crippen LogP contribution in [0.2, 0.25) is 5.02 Å². The summed E-state index contributed by atoms with van der Waals surface area (Å²) in [5, 5.41) is 11.0. The van der Waals surface area contributed by atoms with Crippen LogP contribution in [0, 0.1) is 10.1 Å². The van der Waals surface area contributed by atoms with Crippen LogP contribution in [0.25, 0.3) is 0 Å². The fourth-order valence-corrected chi connectivity index (χ4v) is 3.25. The maximum Gasteiger partial charge on any atom is 0.270 e. The van der Waals surface area contributed by atoms with E-state index in [-0.39, 0.29) is 27.0 Å². The number of benzene rings is 2. The molecule has 0 spiro atoms. The lowest BCUT2D eigenvalue weighted by Crippen LogP contribution is -2.14. The lowest BCUT2D eigenvalue weighted by Gasteiger charge is -2.14. The molecule has 0 unspecified atom stereocenters. The normalized spacial score (nSPS) is 11.0. The van der Waals surface area contributed by atoms with Crippen molar-refractivity contribution in [3.63, 3.8) is 0 Å². The van der Waals surface area contributed by atoms with Crippen LogP contribution in [0.3, 0.4) is 0 Å². The first-order chi connectivity index (χ1) is 11.3.